The van der Waals surface area contributed by atoms with Crippen LogP contribution in [0, 0.1) is 0 Å². The van der Waals surface area contributed by atoms with Crippen molar-refractivity contribution in [3.63, 3.8) is 0 Å². The van der Waals surface area contributed by atoms with Gasteiger partial charge in [0.25, 0.3) is 0 Å². The van der Waals surface area contributed by atoms with Crippen molar-refractivity contribution in [1.82, 2.24) is 9.80 Å². The minimum atomic E-state index is -4.75. The second-order valence-electron chi connectivity index (χ2n) is 5.06. The van der Waals surface area contributed by atoms with Crippen LogP contribution in [0.15, 0.2) is 0 Å². The van der Waals surface area contributed by atoms with Gasteiger partial charge in [-0.15, -0.1) is 0 Å². The molecule has 0 aromatic heterocycles. The molecule has 0 radical (unpaired) electrons. The number of amides is 1. The molecule has 2 rings (SSSR count). The van der Waals surface area contributed by atoms with Crippen LogP contribution in [0.25, 0.3) is 0 Å². The van der Waals surface area contributed by atoms with Gasteiger partial charge < -0.3 is 10.6 Å². The second kappa shape index (κ2) is 5.05. The zero-order chi connectivity index (χ0) is 13.3. The van der Waals surface area contributed by atoms with Crippen molar-refractivity contribution in [3.05, 3.63) is 0 Å². The van der Waals surface area contributed by atoms with Crippen molar-refractivity contribution < 1.29 is 18.0 Å². The molecule has 18 heavy (non-hydrogen) atoms. The summed E-state index contributed by atoms with van der Waals surface area (Å²) in [6, 6.07) is 0.263. The first kappa shape index (κ1) is 13.6. The number of likely N-dealkylation sites (tertiary alicyclic amines) is 2. The highest BCUT2D eigenvalue weighted by atomic mass is 19.4. The summed E-state index contributed by atoms with van der Waals surface area (Å²) in [5.74, 6) is -1.71. The molecule has 2 heterocycles. The minimum Gasteiger partial charge on any atom is -0.333 e. The Morgan fingerprint density at radius 2 is 1.72 bits per heavy atom. The monoisotopic (exact) mass is 265 g/mol. The second-order valence-corrected chi connectivity index (χ2v) is 5.06. The van der Waals surface area contributed by atoms with Crippen LogP contribution in [-0.4, -0.2) is 60.1 Å². The van der Waals surface area contributed by atoms with Gasteiger partial charge in [-0.25, -0.2) is 0 Å². The molecule has 2 aliphatic heterocycles. The third-order valence-corrected chi connectivity index (χ3v) is 3.78. The Morgan fingerprint density at radius 1 is 1.11 bits per heavy atom. The summed E-state index contributed by atoms with van der Waals surface area (Å²) in [4.78, 5) is 14.2. The first-order valence-electron chi connectivity index (χ1n) is 6.23. The van der Waals surface area contributed by atoms with Gasteiger partial charge in [0, 0.05) is 25.2 Å². The molecule has 0 spiro atoms. The lowest BCUT2D eigenvalue weighted by Gasteiger charge is -2.34. The molecule has 1 atom stereocenters. The quantitative estimate of drug-likeness (QED) is 0.754. The number of hydrogen-bond acceptors (Lipinski definition) is 3. The predicted molar refractivity (Wildman–Crippen MR) is 59.8 cm³/mol. The normalized spacial score (nSPS) is 27.8. The molecule has 104 valence electrons. The predicted octanol–water partition coefficient (Wildman–Crippen LogP) is 0.573. The number of hydrogen-bond donors (Lipinski definition) is 1. The average molecular weight is 265 g/mol. The summed E-state index contributed by atoms with van der Waals surface area (Å²) in [7, 11) is 0. The molecule has 2 aliphatic rings. The number of rotatable bonds is 1. The lowest BCUT2D eigenvalue weighted by atomic mass is 10.0. The van der Waals surface area contributed by atoms with Gasteiger partial charge in [0.05, 0.1) is 0 Å². The summed E-state index contributed by atoms with van der Waals surface area (Å²) < 4.78 is 36.9. The van der Waals surface area contributed by atoms with E-state index in [1.807, 2.05) is 0 Å². The maximum atomic E-state index is 12.3. The van der Waals surface area contributed by atoms with Crippen molar-refractivity contribution in [3.8, 4) is 0 Å². The van der Waals surface area contributed by atoms with Gasteiger partial charge in [0.15, 0.2) is 0 Å². The molecular formula is C11H18F3N3O. The summed E-state index contributed by atoms with van der Waals surface area (Å²) in [5.41, 5.74) is 5.79. The van der Waals surface area contributed by atoms with E-state index in [0.717, 1.165) is 30.8 Å². The number of halogens is 3. The Bertz CT molecular complexity index is 313. The van der Waals surface area contributed by atoms with Crippen LogP contribution in [0.2, 0.25) is 0 Å². The van der Waals surface area contributed by atoms with E-state index in [2.05, 4.69) is 4.90 Å². The van der Waals surface area contributed by atoms with Crippen LogP contribution in [0.3, 0.4) is 0 Å². The van der Waals surface area contributed by atoms with Crippen LogP contribution in [0.4, 0.5) is 13.2 Å². The van der Waals surface area contributed by atoms with Gasteiger partial charge in [-0.1, -0.05) is 0 Å². The van der Waals surface area contributed by atoms with Crippen LogP contribution in [0.5, 0.6) is 0 Å². The standard InChI is InChI=1S/C11H18F3N3O/c12-11(13,14)10(18)17-6-3-9(7-17)16-4-1-8(15)2-5-16/h8-9H,1-7,15H2. The Kier molecular flexibility index (Phi) is 3.82. The molecule has 0 bridgehead atoms. The molecule has 0 aromatic rings. The molecule has 0 saturated carbocycles. The summed E-state index contributed by atoms with van der Waals surface area (Å²) in [6.45, 7) is 2.03. The van der Waals surface area contributed by atoms with Crippen LogP contribution in [-0.2, 0) is 4.79 Å². The molecule has 4 nitrogen and oxygen atoms in total. The smallest absolute Gasteiger partial charge is 0.333 e. The molecule has 0 aromatic carbocycles. The Balaban J connectivity index is 1.87. The lowest BCUT2D eigenvalue weighted by Crippen LogP contribution is -2.47. The zero-order valence-electron chi connectivity index (χ0n) is 10.1. The number of carbonyl (C=O) groups is 1. The van der Waals surface area contributed by atoms with Gasteiger partial charge in [-0.2, -0.15) is 13.2 Å². The van der Waals surface area contributed by atoms with Crippen molar-refractivity contribution in [1.29, 1.82) is 0 Å². The topological polar surface area (TPSA) is 49.6 Å². The number of carbonyl (C=O) groups excluding carboxylic acids is 1. The summed E-state index contributed by atoms with van der Waals surface area (Å²) in [5, 5.41) is 0. The van der Waals surface area contributed by atoms with Crippen molar-refractivity contribution in [2.45, 2.75) is 37.5 Å². The Hall–Kier alpha value is -0.820. The van der Waals surface area contributed by atoms with E-state index in [1.165, 1.54) is 0 Å². The van der Waals surface area contributed by atoms with Crippen LogP contribution >= 0.6 is 0 Å². The van der Waals surface area contributed by atoms with Gasteiger partial charge >= 0.3 is 12.1 Å². The van der Waals surface area contributed by atoms with E-state index < -0.39 is 12.1 Å². The first-order chi connectivity index (χ1) is 8.38. The minimum absolute atomic E-state index is 0.0591. The fourth-order valence-corrected chi connectivity index (χ4v) is 2.69. The molecule has 1 unspecified atom stereocenters. The van der Waals surface area contributed by atoms with E-state index >= 15 is 0 Å². The molecule has 0 aliphatic carbocycles. The summed E-state index contributed by atoms with van der Waals surface area (Å²) >= 11 is 0. The highest BCUT2D eigenvalue weighted by Crippen LogP contribution is 2.25. The average Bonchev–Trinajstić information content (AvgIpc) is 2.77. The SMILES string of the molecule is NC1CCN(C2CCN(C(=O)C(F)(F)F)C2)CC1. The lowest BCUT2D eigenvalue weighted by molar-refractivity contribution is -0.184. The Labute approximate surface area is 104 Å². The van der Waals surface area contributed by atoms with Crippen molar-refractivity contribution in [2.24, 2.45) is 5.73 Å². The maximum Gasteiger partial charge on any atom is 0.471 e. The molecule has 2 fully saturated rings. The molecular weight excluding hydrogens is 247 g/mol. The fraction of sp³-hybridized carbons (Fsp3) is 0.909. The molecule has 2 N–H and O–H groups in total. The molecule has 1 amide bonds. The number of piperidine rings is 1. The van der Waals surface area contributed by atoms with Crippen LogP contribution in [0.1, 0.15) is 19.3 Å². The van der Waals surface area contributed by atoms with Crippen LogP contribution < -0.4 is 5.73 Å². The maximum absolute atomic E-state index is 12.3. The molecule has 2 saturated heterocycles. The largest absolute Gasteiger partial charge is 0.471 e. The van der Waals surface area contributed by atoms with Crippen molar-refractivity contribution >= 4 is 5.91 Å². The Morgan fingerprint density at radius 3 is 2.28 bits per heavy atom. The van der Waals surface area contributed by atoms with E-state index in [1.54, 1.807) is 0 Å². The third kappa shape index (κ3) is 2.95. The van der Waals surface area contributed by atoms with E-state index in [-0.39, 0.29) is 25.2 Å². The number of nitrogens with zero attached hydrogens (tertiary/aromatic N) is 2. The van der Waals surface area contributed by atoms with Gasteiger partial charge in [-0.05, 0) is 32.4 Å². The highest BCUT2D eigenvalue weighted by molar-refractivity contribution is 5.82. The van der Waals surface area contributed by atoms with Gasteiger partial charge in [0.2, 0.25) is 0 Å². The van der Waals surface area contributed by atoms with E-state index in [0.29, 0.717) is 6.42 Å². The summed E-state index contributed by atoms with van der Waals surface area (Å²) in [6.07, 6.45) is -2.37. The third-order valence-electron chi connectivity index (χ3n) is 3.78. The number of nitrogens with two attached hydrogens (primary N) is 1. The van der Waals surface area contributed by atoms with Gasteiger partial charge in [0.1, 0.15) is 0 Å². The van der Waals surface area contributed by atoms with E-state index in [4.69, 9.17) is 5.73 Å². The van der Waals surface area contributed by atoms with Crippen molar-refractivity contribution in [2.75, 3.05) is 26.2 Å². The zero-order valence-corrected chi connectivity index (χ0v) is 10.1. The first-order valence-corrected chi connectivity index (χ1v) is 6.23. The fourth-order valence-electron chi connectivity index (χ4n) is 2.69. The highest BCUT2D eigenvalue weighted by Gasteiger charge is 2.45. The van der Waals surface area contributed by atoms with Gasteiger partial charge in [-0.3, -0.25) is 9.69 Å². The van der Waals surface area contributed by atoms with E-state index in [9.17, 15) is 18.0 Å². The number of alkyl halides is 3. The molecule has 7 heteroatoms.